The molecule has 28 heavy (non-hydrogen) atoms. The van der Waals surface area contributed by atoms with Gasteiger partial charge in [-0.2, -0.15) is 13.2 Å². The minimum Gasteiger partial charge on any atom is -0.325 e. The van der Waals surface area contributed by atoms with E-state index in [1.54, 1.807) is 6.07 Å². The number of aliphatic imine (C=N–C) groups is 1. The maximum Gasteiger partial charge on any atom is 0.418 e. The zero-order valence-electron chi connectivity index (χ0n) is 14.7. The van der Waals surface area contributed by atoms with E-state index in [4.69, 9.17) is 0 Å². The number of rotatable bonds is 4. The van der Waals surface area contributed by atoms with Crippen LogP contribution in [0.15, 0.2) is 53.5 Å². The zero-order valence-corrected chi connectivity index (χ0v) is 15.5. The molecule has 2 aromatic rings. The van der Waals surface area contributed by atoms with Crippen LogP contribution in [0.1, 0.15) is 17.5 Å². The number of nitrogens with one attached hydrogen (secondary N) is 2. The molecule has 1 heterocycles. The zero-order chi connectivity index (χ0) is 20.3. The first-order valence-corrected chi connectivity index (χ1v) is 9.19. The second-order valence-electron chi connectivity index (χ2n) is 6.15. The number of anilines is 1. The van der Waals surface area contributed by atoms with Crippen molar-refractivity contribution in [1.82, 2.24) is 5.32 Å². The summed E-state index contributed by atoms with van der Waals surface area (Å²) < 4.78 is 39.1. The highest BCUT2D eigenvalue weighted by atomic mass is 32.2. The summed E-state index contributed by atoms with van der Waals surface area (Å²) in [4.78, 5) is 28.6. The topological polar surface area (TPSA) is 70.6 Å². The highest BCUT2D eigenvalue weighted by Crippen LogP contribution is 2.35. The molecule has 2 N–H and O–H groups in total. The molecule has 3 rings (SSSR count). The number of thioether (sulfide) groups is 1. The Morgan fingerprint density at radius 1 is 1.21 bits per heavy atom. The Bertz CT molecular complexity index is 944. The van der Waals surface area contributed by atoms with Gasteiger partial charge in [0, 0.05) is 6.42 Å². The quantitative estimate of drug-likeness (QED) is 0.796. The average Bonchev–Trinajstić information content (AvgIpc) is 2.93. The number of benzene rings is 2. The molecule has 9 heteroatoms. The fourth-order valence-corrected chi connectivity index (χ4v) is 3.60. The summed E-state index contributed by atoms with van der Waals surface area (Å²) >= 11 is 1.07. The maximum absolute atomic E-state index is 13.0. The number of hydrogen-bond donors (Lipinski definition) is 2. The van der Waals surface area contributed by atoms with Crippen LogP contribution in [0, 0.1) is 6.92 Å². The molecule has 1 aliphatic rings. The number of hydrogen-bond acceptors (Lipinski definition) is 4. The molecule has 1 aliphatic heterocycles. The molecule has 0 spiro atoms. The number of alkyl halides is 3. The fraction of sp³-hybridized carbons (Fsp3) is 0.211. The number of carbonyl (C=O) groups excluding carboxylic acids is 2. The van der Waals surface area contributed by atoms with Gasteiger partial charge < -0.3 is 10.6 Å². The van der Waals surface area contributed by atoms with Gasteiger partial charge in [-0.1, -0.05) is 36.0 Å². The number of nitrogens with zero attached hydrogens (tertiary/aromatic N) is 1. The van der Waals surface area contributed by atoms with Gasteiger partial charge in [-0.15, -0.1) is 0 Å². The monoisotopic (exact) mass is 407 g/mol. The SMILES string of the molecule is Cc1cccc(N=C2NC(=O)[C@@H](CC(=O)Nc3ccccc3C(F)(F)F)S2)c1. The summed E-state index contributed by atoms with van der Waals surface area (Å²) in [6.45, 7) is 1.91. The Labute approximate surface area is 163 Å². The Balaban J connectivity index is 1.66. The van der Waals surface area contributed by atoms with Crippen LogP contribution >= 0.6 is 11.8 Å². The number of para-hydroxylation sites is 1. The highest BCUT2D eigenvalue weighted by Gasteiger charge is 2.35. The third-order valence-electron chi connectivity index (χ3n) is 3.89. The smallest absolute Gasteiger partial charge is 0.325 e. The van der Waals surface area contributed by atoms with Crippen LogP contribution in [0.5, 0.6) is 0 Å². The van der Waals surface area contributed by atoms with E-state index in [-0.39, 0.29) is 12.1 Å². The third-order valence-corrected chi connectivity index (χ3v) is 4.97. The van der Waals surface area contributed by atoms with Gasteiger partial charge in [-0.25, -0.2) is 4.99 Å². The molecule has 0 radical (unpaired) electrons. The van der Waals surface area contributed by atoms with E-state index in [0.717, 1.165) is 23.4 Å². The lowest BCUT2D eigenvalue weighted by Gasteiger charge is -2.14. The van der Waals surface area contributed by atoms with E-state index >= 15 is 0 Å². The summed E-state index contributed by atoms with van der Waals surface area (Å²) in [5.41, 5.74) is 0.396. The Morgan fingerprint density at radius 2 is 1.96 bits per heavy atom. The van der Waals surface area contributed by atoms with E-state index in [9.17, 15) is 22.8 Å². The Kier molecular flexibility index (Phi) is 5.73. The van der Waals surface area contributed by atoms with Crippen LogP contribution in [0.2, 0.25) is 0 Å². The molecular formula is C19H16F3N3O2S. The first kappa shape index (κ1) is 19.9. The number of halogens is 3. The van der Waals surface area contributed by atoms with Crippen LogP contribution in [0.25, 0.3) is 0 Å². The Hall–Kier alpha value is -2.81. The second kappa shape index (κ2) is 8.05. The van der Waals surface area contributed by atoms with Gasteiger partial charge in [-0.3, -0.25) is 9.59 Å². The van der Waals surface area contributed by atoms with Gasteiger partial charge in [0.25, 0.3) is 0 Å². The first-order chi connectivity index (χ1) is 13.2. The van der Waals surface area contributed by atoms with Gasteiger partial charge in [0.2, 0.25) is 11.8 Å². The molecule has 0 aliphatic carbocycles. The molecule has 2 aromatic carbocycles. The summed E-state index contributed by atoms with van der Waals surface area (Å²) in [7, 11) is 0. The van der Waals surface area contributed by atoms with Crippen LogP contribution in [0.3, 0.4) is 0 Å². The van der Waals surface area contributed by atoms with Crippen LogP contribution in [-0.2, 0) is 15.8 Å². The fourth-order valence-electron chi connectivity index (χ4n) is 2.62. The molecule has 1 fully saturated rings. The lowest BCUT2D eigenvalue weighted by Crippen LogP contribution is -2.28. The number of amidine groups is 1. The van der Waals surface area contributed by atoms with Gasteiger partial charge in [0.05, 0.1) is 16.9 Å². The van der Waals surface area contributed by atoms with Crippen molar-refractivity contribution in [3.05, 3.63) is 59.7 Å². The van der Waals surface area contributed by atoms with E-state index in [0.29, 0.717) is 10.9 Å². The molecule has 0 unspecified atom stereocenters. The molecule has 5 nitrogen and oxygen atoms in total. The summed E-state index contributed by atoms with van der Waals surface area (Å²) in [6.07, 6.45) is -4.85. The van der Waals surface area contributed by atoms with E-state index in [1.165, 1.54) is 18.2 Å². The predicted octanol–water partition coefficient (Wildman–Crippen LogP) is 4.26. The average molecular weight is 407 g/mol. The van der Waals surface area contributed by atoms with E-state index in [2.05, 4.69) is 15.6 Å². The third kappa shape index (κ3) is 4.92. The maximum atomic E-state index is 13.0. The van der Waals surface area contributed by atoms with Gasteiger partial charge in [-0.05, 0) is 36.8 Å². The molecule has 0 saturated carbocycles. The van der Waals surface area contributed by atoms with Crippen molar-refractivity contribution in [2.75, 3.05) is 5.32 Å². The molecule has 2 amide bonds. The van der Waals surface area contributed by atoms with Crippen molar-refractivity contribution >= 4 is 40.1 Å². The minimum absolute atomic E-state index is 0.268. The van der Waals surface area contributed by atoms with Crippen LogP contribution in [-0.4, -0.2) is 22.2 Å². The van der Waals surface area contributed by atoms with Crippen molar-refractivity contribution < 1.29 is 22.8 Å². The van der Waals surface area contributed by atoms with Crippen molar-refractivity contribution in [3.8, 4) is 0 Å². The van der Waals surface area contributed by atoms with Gasteiger partial charge in [0.1, 0.15) is 5.25 Å². The van der Waals surface area contributed by atoms with Crippen LogP contribution < -0.4 is 10.6 Å². The summed E-state index contributed by atoms with van der Waals surface area (Å²) in [5.74, 6) is -1.09. The van der Waals surface area contributed by atoms with Crippen molar-refractivity contribution in [1.29, 1.82) is 0 Å². The number of amides is 2. The first-order valence-electron chi connectivity index (χ1n) is 8.31. The van der Waals surface area contributed by atoms with Crippen molar-refractivity contribution in [3.63, 3.8) is 0 Å². The second-order valence-corrected chi connectivity index (χ2v) is 7.34. The molecule has 0 bridgehead atoms. The van der Waals surface area contributed by atoms with Crippen molar-refractivity contribution in [2.45, 2.75) is 24.8 Å². The predicted molar refractivity (Wildman–Crippen MR) is 102 cm³/mol. The van der Waals surface area contributed by atoms with E-state index in [1.807, 2.05) is 25.1 Å². The molecule has 1 saturated heterocycles. The standard InChI is InChI=1S/C19H16F3N3O2S/c1-11-5-4-6-12(9-11)23-18-25-17(27)15(28-18)10-16(26)24-14-8-3-2-7-13(14)19(20,21)22/h2-9,15H,10H2,1H3,(H,24,26)(H,23,25,27)/t15-/m1/s1. The van der Waals surface area contributed by atoms with Crippen LogP contribution in [0.4, 0.5) is 24.5 Å². The van der Waals surface area contributed by atoms with Gasteiger partial charge >= 0.3 is 6.18 Å². The number of carbonyl (C=O) groups is 2. The Morgan fingerprint density at radius 3 is 2.68 bits per heavy atom. The van der Waals surface area contributed by atoms with E-state index < -0.39 is 28.8 Å². The molecule has 146 valence electrons. The molecule has 1 atom stereocenters. The molecular weight excluding hydrogens is 391 g/mol. The largest absolute Gasteiger partial charge is 0.418 e. The lowest BCUT2D eigenvalue weighted by atomic mass is 10.1. The lowest BCUT2D eigenvalue weighted by molar-refractivity contribution is -0.137. The summed E-state index contributed by atoms with van der Waals surface area (Å²) in [6, 6.07) is 12.1. The summed E-state index contributed by atoms with van der Waals surface area (Å²) in [5, 5.41) is 4.42. The normalized spacial score (nSPS) is 18.2. The van der Waals surface area contributed by atoms with Crippen molar-refractivity contribution in [2.24, 2.45) is 4.99 Å². The highest BCUT2D eigenvalue weighted by molar-refractivity contribution is 8.15. The number of aryl methyl sites for hydroxylation is 1. The van der Waals surface area contributed by atoms with Gasteiger partial charge in [0.15, 0.2) is 5.17 Å². The minimum atomic E-state index is -4.59. The molecule has 0 aromatic heterocycles.